The Hall–Kier alpha value is -1.97. The van der Waals surface area contributed by atoms with Gasteiger partial charge in [-0.2, -0.15) is 4.31 Å². The van der Waals surface area contributed by atoms with Gasteiger partial charge in [0.2, 0.25) is 21.8 Å². The van der Waals surface area contributed by atoms with E-state index in [1.165, 1.54) is 16.1 Å². The van der Waals surface area contributed by atoms with E-state index in [9.17, 15) is 18.0 Å². The van der Waals surface area contributed by atoms with Crippen LogP contribution in [0.3, 0.4) is 0 Å². The fourth-order valence-corrected chi connectivity index (χ4v) is 5.82. The summed E-state index contributed by atoms with van der Waals surface area (Å²) in [6.07, 6.45) is 2.07. The molecule has 1 aromatic rings. The Morgan fingerprint density at radius 3 is 2.39 bits per heavy atom. The predicted molar refractivity (Wildman–Crippen MR) is 102 cm³/mol. The molecular weight excluding hydrogens is 382 g/mol. The molecule has 152 valence electrons. The fraction of sp³-hybridized carbons (Fsp3) is 0.579. The molecule has 0 N–H and O–H groups in total. The lowest BCUT2D eigenvalue weighted by Crippen LogP contribution is -2.52. The standard InChI is InChI=1S/C19H25N3O5S/c1-14(23)22-17-5-4-16(28(25,26)21-6-2-3-7-21)12-15(17)13-18(22)19(24)20-8-10-27-11-9-20/h4-5,12,18H,2-3,6-11,13H2,1H3/t18-/m1/s1. The highest BCUT2D eigenvalue weighted by Gasteiger charge is 2.40. The zero-order chi connectivity index (χ0) is 19.9. The Morgan fingerprint density at radius 1 is 1.07 bits per heavy atom. The average molecular weight is 407 g/mol. The van der Waals surface area contributed by atoms with Crippen LogP contribution in [0.15, 0.2) is 23.1 Å². The van der Waals surface area contributed by atoms with Crippen molar-refractivity contribution in [3.8, 4) is 0 Å². The first-order valence-corrected chi connectivity index (χ1v) is 11.1. The molecule has 28 heavy (non-hydrogen) atoms. The first kappa shape index (κ1) is 19.4. The summed E-state index contributed by atoms with van der Waals surface area (Å²) in [7, 11) is -3.54. The summed E-state index contributed by atoms with van der Waals surface area (Å²) in [5, 5.41) is 0. The Kier molecular flexibility index (Phi) is 5.15. The number of carbonyl (C=O) groups is 2. The summed E-state index contributed by atoms with van der Waals surface area (Å²) in [5.74, 6) is -0.334. The highest BCUT2D eigenvalue weighted by molar-refractivity contribution is 7.89. The van der Waals surface area contributed by atoms with Crippen LogP contribution in [0.4, 0.5) is 5.69 Å². The molecule has 2 saturated heterocycles. The molecule has 0 spiro atoms. The van der Waals surface area contributed by atoms with Crippen molar-refractivity contribution in [2.45, 2.75) is 37.1 Å². The molecule has 4 rings (SSSR count). The third-order valence-corrected chi connectivity index (χ3v) is 7.58. The third kappa shape index (κ3) is 3.31. The summed E-state index contributed by atoms with van der Waals surface area (Å²) in [5.41, 5.74) is 1.35. The van der Waals surface area contributed by atoms with Gasteiger partial charge in [0.1, 0.15) is 6.04 Å². The van der Waals surface area contributed by atoms with Gasteiger partial charge in [-0.3, -0.25) is 14.5 Å². The molecule has 0 saturated carbocycles. The first-order chi connectivity index (χ1) is 13.4. The third-order valence-electron chi connectivity index (χ3n) is 5.69. The van der Waals surface area contributed by atoms with E-state index < -0.39 is 16.1 Å². The van der Waals surface area contributed by atoms with E-state index >= 15 is 0 Å². The van der Waals surface area contributed by atoms with E-state index in [1.54, 1.807) is 23.1 Å². The fourth-order valence-electron chi connectivity index (χ4n) is 4.25. The maximum atomic E-state index is 13.0. The lowest BCUT2D eigenvalue weighted by atomic mass is 10.1. The van der Waals surface area contributed by atoms with Crippen molar-refractivity contribution in [2.75, 3.05) is 44.3 Å². The molecule has 1 atom stereocenters. The number of hydrogen-bond acceptors (Lipinski definition) is 5. The van der Waals surface area contributed by atoms with Crippen molar-refractivity contribution < 1.29 is 22.7 Å². The second kappa shape index (κ2) is 7.46. The van der Waals surface area contributed by atoms with E-state index in [2.05, 4.69) is 0 Å². The largest absolute Gasteiger partial charge is 0.378 e. The normalized spacial score (nSPS) is 23.1. The smallest absolute Gasteiger partial charge is 0.246 e. The van der Waals surface area contributed by atoms with Crippen LogP contribution >= 0.6 is 0 Å². The highest BCUT2D eigenvalue weighted by atomic mass is 32.2. The van der Waals surface area contributed by atoms with Crippen LogP contribution in [0.25, 0.3) is 0 Å². The summed E-state index contributed by atoms with van der Waals surface area (Å²) in [6.45, 7) is 4.50. The van der Waals surface area contributed by atoms with Gasteiger partial charge in [-0.25, -0.2) is 8.42 Å². The topological polar surface area (TPSA) is 87.2 Å². The van der Waals surface area contributed by atoms with Gasteiger partial charge in [0.05, 0.1) is 18.1 Å². The van der Waals surface area contributed by atoms with E-state index in [1.807, 2.05) is 0 Å². The zero-order valence-corrected chi connectivity index (χ0v) is 16.8. The number of anilines is 1. The van der Waals surface area contributed by atoms with Crippen molar-refractivity contribution in [1.29, 1.82) is 0 Å². The SMILES string of the molecule is CC(=O)N1c2ccc(S(=O)(=O)N3CCCC3)cc2C[C@@H]1C(=O)N1CCOCC1. The molecule has 3 heterocycles. The maximum Gasteiger partial charge on any atom is 0.246 e. The summed E-state index contributed by atoms with van der Waals surface area (Å²) >= 11 is 0. The van der Waals surface area contributed by atoms with E-state index in [0.717, 1.165) is 18.4 Å². The Labute approximate surface area is 165 Å². The number of fused-ring (bicyclic) bond motifs is 1. The predicted octanol–water partition coefficient (Wildman–Crippen LogP) is 0.608. The minimum absolute atomic E-state index is 0.112. The second-order valence-electron chi connectivity index (χ2n) is 7.45. The van der Waals surface area contributed by atoms with Gasteiger partial charge < -0.3 is 9.64 Å². The van der Waals surface area contributed by atoms with Crippen LogP contribution in [0.5, 0.6) is 0 Å². The van der Waals surface area contributed by atoms with Gasteiger partial charge >= 0.3 is 0 Å². The second-order valence-corrected chi connectivity index (χ2v) is 9.39. The zero-order valence-electron chi connectivity index (χ0n) is 16.0. The summed E-state index contributed by atoms with van der Waals surface area (Å²) in [6, 6.07) is 4.21. The molecule has 2 amide bonds. The number of nitrogens with zero attached hydrogens (tertiary/aromatic N) is 3. The van der Waals surface area contributed by atoms with Gasteiger partial charge in [0.15, 0.2) is 0 Å². The van der Waals surface area contributed by atoms with Gasteiger partial charge in [-0.05, 0) is 36.6 Å². The van der Waals surface area contributed by atoms with Gasteiger partial charge in [-0.15, -0.1) is 0 Å². The molecule has 0 aliphatic carbocycles. The molecule has 2 fully saturated rings. The van der Waals surface area contributed by atoms with Gasteiger partial charge in [0, 0.05) is 45.2 Å². The molecule has 0 aromatic heterocycles. The Balaban J connectivity index is 1.64. The van der Waals surface area contributed by atoms with Crippen LogP contribution in [-0.2, 0) is 30.8 Å². The molecule has 3 aliphatic heterocycles. The van der Waals surface area contributed by atoms with Crippen molar-refractivity contribution in [2.24, 2.45) is 0 Å². The number of ether oxygens (including phenoxy) is 1. The molecule has 1 aromatic carbocycles. The van der Waals surface area contributed by atoms with Crippen LogP contribution in [0.1, 0.15) is 25.3 Å². The summed E-state index contributed by atoms with van der Waals surface area (Å²) < 4.78 is 32.5. The van der Waals surface area contributed by atoms with Crippen molar-refractivity contribution in [3.63, 3.8) is 0 Å². The molecule has 0 radical (unpaired) electrons. The Bertz CT molecular complexity index is 889. The maximum absolute atomic E-state index is 13.0. The number of sulfonamides is 1. The molecule has 9 heteroatoms. The van der Waals surface area contributed by atoms with E-state index in [4.69, 9.17) is 4.74 Å². The highest BCUT2D eigenvalue weighted by Crippen LogP contribution is 2.36. The summed E-state index contributed by atoms with van der Waals surface area (Å²) in [4.78, 5) is 28.8. The lowest BCUT2D eigenvalue weighted by molar-refractivity contribution is -0.137. The number of hydrogen-bond donors (Lipinski definition) is 0. The molecular formula is C19H25N3O5S. The van der Waals surface area contributed by atoms with Crippen LogP contribution in [0.2, 0.25) is 0 Å². The van der Waals surface area contributed by atoms with Crippen LogP contribution < -0.4 is 4.90 Å². The van der Waals surface area contributed by atoms with Crippen molar-refractivity contribution in [3.05, 3.63) is 23.8 Å². The van der Waals surface area contributed by atoms with E-state index in [0.29, 0.717) is 51.5 Å². The molecule has 8 nitrogen and oxygen atoms in total. The number of benzene rings is 1. The number of morpholine rings is 1. The number of carbonyl (C=O) groups excluding carboxylic acids is 2. The average Bonchev–Trinajstić information content (AvgIpc) is 3.35. The van der Waals surface area contributed by atoms with Gasteiger partial charge in [0.25, 0.3) is 0 Å². The van der Waals surface area contributed by atoms with Crippen molar-refractivity contribution in [1.82, 2.24) is 9.21 Å². The quantitative estimate of drug-likeness (QED) is 0.733. The molecule has 0 unspecified atom stereocenters. The number of rotatable bonds is 3. The molecule has 0 bridgehead atoms. The monoisotopic (exact) mass is 407 g/mol. The lowest BCUT2D eigenvalue weighted by Gasteiger charge is -2.32. The van der Waals surface area contributed by atoms with Gasteiger partial charge in [-0.1, -0.05) is 0 Å². The van der Waals surface area contributed by atoms with Crippen molar-refractivity contribution >= 4 is 27.5 Å². The van der Waals surface area contributed by atoms with Crippen LogP contribution in [-0.4, -0.2) is 74.9 Å². The minimum Gasteiger partial charge on any atom is -0.378 e. The number of amides is 2. The Morgan fingerprint density at radius 2 is 1.75 bits per heavy atom. The van der Waals surface area contributed by atoms with Crippen LogP contribution in [0, 0.1) is 0 Å². The molecule has 3 aliphatic rings. The minimum atomic E-state index is -3.54. The first-order valence-electron chi connectivity index (χ1n) is 9.69. The van der Waals surface area contributed by atoms with E-state index in [-0.39, 0.29) is 16.7 Å².